The van der Waals surface area contributed by atoms with Crippen molar-refractivity contribution in [1.29, 1.82) is 0 Å². The van der Waals surface area contributed by atoms with Crippen molar-refractivity contribution in [2.24, 2.45) is 0 Å². The molecule has 0 unspecified atom stereocenters. The molecule has 1 amide bonds. The van der Waals surface area contributed by atoms with Gasteiger partial charge in [-0.05, 0) is 24.6 Å². The highest BCUT2D eigenvalue weighted by molar-refractivity contribution is 7.15. The van der Waals surface area contributed by atoms with Gasteiger partial charge < -0.3 is 4.74 Å². The molecule has 0 spiro atoms. The van der Waals surface area contributed by atoms with Gasteiger partial charge in [0.15, 0.2) is 11.7 Å². The summed E-state index contributed by atoms with van der Waals surface area (Å²) in [6.07, 6.45) is 2.58. The number of nitrogens with zero attached hydrogens (tertiary/aromatic N) is 1. The molecular weight excluding hydrogens is 356 g/mol. The summed E-state index contributed by atoms with van der Waals surface area (Å²) in [5, 5.41) is 3.79. The Hall–Kier alpha value is -2.37. The predicted octanol–water partition coefficient (Wildman–Crippen LogP) is 4.71. The number of para-hydroxylation sites is 1. The molecule has 0 aliphatic heterocycles. The highest BCUT2D eigenvalue weighted by Crippen LogP contribution is 2.24. The van der Waals surface area contributed by atoms with Gasteiger partial charge in [0.1, 0.15) is 5.75 Å². The maximum atomic E-state index is 12.0. The van der Waals surface area contributed by atoms with Gasteiger partial charge in [-0.2, -0.15) is 0 Å². The van der Waals surface area contributed by atoms with Crippen LogP contribution in [0.2, 0.25) is 5.02 Å². The Kier molecular flexibility index (Phi) is 5.68. The Morgan fingerprint density at radius 3 is 2.72 bits per heavy atom. The van der Waals surface area contributed by atoms with E-state index >= 15 is 0 Å². The number of aryl methyl sites for hydroxylation is 1. The van der Waals surface area contributed by atoms with E-state index in [0.717, 1.165) is 11.3 Å². The van der Waals surface area contributed by atoms with Crippen LogP contribution in [0, 0.1) is 6.92 Å². The maximum Gasteiger partial charge on any atom is 0.264 e. The minimum Gasteiger partial charge on any atom is -0.482 e. The number of hydrogen-bond acceptors (Lipinski definition) is 4. The Morgan fingerprint density at radius 2 is 1.96 bits per heavy atom. The molecule has 0 aliphatic rings. The van der Waals surface area contributed by atoms with Crippen LogP contribution in [0.1, 0.15) is 16.0 Å². The molecule has 3 rings (SSSR count). The van der Waals surface area contributed by atoms with Crippen LogP contribution in [0.25, 0.3) is 0 Å². The molecule has 25 heavy (non-hydrogen) atoms. The van der Waals surface area contributed by atoms with Crippen LogP contribution < -0.4 is 10.1 Å². The molecule has 2 aromatic carbocycles. The Bertz CT molecular complexity index is 862. The first-order chi connectivity index (χ1) is 12.1. The standard InChI is InChI=1S/C19H17ClN2O2S/c1-13-6-8-14(9-7-13)10-15-11-21-19(25-15)22-18(23)12-24-17-5-3-2-4-16(17)20/h2-9,11H,10,12H2,1H3,(H,21,22,23). The average molecular weight is 373 g/mol. The number of benzene rings is 2. The zero-order valence-electron chi connectivity index (χ0n) is 13.7. The molecular formula is C19H17ClN2O2S. The SMILES string of the molecule is Cc1ccc(Cc2cnc(NC(=O)COc3ccccc3Cl)s2)cc1. The van der Waals surface area contributed by atoms with Gasteiger partial charge in [0.25, 0.3) is 5.91 Å². The molecule has 1 N–H and O–H groups in total. The van der Waals surface area contributed by atoms with Crippen molar-refractivity contribution in [1.82, 2.24) is 4.98 Å². The lowest BCUT2D eigenvalue weighted by Gasteiger charge is -2.06. The molecule has 1 aromatic heterocycles. The molecule has 0 saturated carbocycles. The number of carbonyl (C=O) groups is 1. The second-order valence-corrected chi connectivity index (χ2v) is 7.08. The summed E-state index contributed by atoms with van der Waals surface area (Å²) in [5.74, 6) is 0.217. The van der Waals surface area contributed by atoms with Crippen molar-refractivity contribution in [3.8, 4) is 5.75 Å². The second kappa shape index (κ2) is 8.14. The van der Waals surface area contributed by atoms with Crippen LogP contribution in [0.15, 0.2) is 54.7 Å². The molecule has 0 atom stereocenters. The third-order valence-corrected chi connectivity index (χ3v) is 4.72. The third-order valence-electron chi connectivity index (χ3n) is 3.49. The first kappa shape index (κ1) is 17.5. The van der Waals surface area contributed by atoms with Gasteiger partial charge in [-0.15, -0.1) is 11.3 Å². The van der Waals surface area contributed by atoms with Crippen LogP contribution in [-0.4, -0.2) is 17.5 Å². The van der Waals surface area contributed by atoms with Gasteiger partial charge in [0.2, 0.25) is 0 Å². The molecule has 0 bridgehead atoms. The van der Waals surface area contributed by atoms with Crippen molar-refractivity contribution < 1.29 is 9.53 Å². The van der Waals surface area contributed by atoms with E-state index in [9.17, 15) is 4.79 Å². The first-order valence-electron chi connectivity index (χ1n) is 7.77. The Morgan fingerprint density at radius 1 is 1.20 bits per heavy atom. The summed E-state index contributed by atoms with van der Waals surface area (Å²) in [6.45, 7) is 1.95. The molecule has 0 saturated heterocycles. The lowest BCUT2D eigenvalue weighted by molar-refractivity contribution is -0.118. The minimum atomic E-state index is -0.267. The second-order valence-electron chi connectivity index (χ2n) is 5.56. The number of hydrogen-bond donors (Lipinski definition) is 1. The van der Waals surface area contributed by atoms with Gasteiger partial charge in [-0.25, -0.2) is 4.98 Å². The first-order valence-corrected chi connectivity index (χ1v) is 8.97. The number of ether oxygens (including phenoxy) is 1. The fourth-order valence-corrected chi connectivity index (χ4v) is 3.27. The van der Waals surface area contributed by atoms with Crippen LogP contribution in [0.5, 0.6) is 5.75 Å². The minimum absolute atomic E-state index is 0.114. The molecule has 3 aromatic rings. The molecule has 128 valence electrons. The van der Waals surface area contributed by atoms with E-state index < -0.39 is 0 Å². The van der Waals surface area contributed by atoms with E-state index in [1.807, 2.05) is 0 Å². The number of carbonyl (C=O) groups excluding carboxylic acids is 1. The molecule has 0 fully saturated rings. The molecule has 1 heterocycles. The number of rotatable bonds is 6. The number of aromatic nitrogens is 1. The topological polar surface area (TPSA) is 51.2 Å². The van der Waals surface area contributed by atoms with Gasteiger partial charge in [-0.1, -0.05) is 53.6 Å². The van der Waals surface area contributed by atoms with Crippen molar-refractivity contribution >= 4 is 34.0 Å². The lowest BCUT2D eigenvalue weighted by Crippen LogP contribution is -2.20. The van der Waals surface area contributed by atoms with E-state index in [2.05, 4.69) is 41.5 Å². The summed E-state index contributed by atoms with van der Waals surface area (Å²) in [7, 11) is 0. The third kappa shape index (κ3) is 5.05. The summed E-state index contributed by atoms with van der Waals surface area (Å²) in [6, 6.07) is 15.4. The fourth-order valence-electron chi connectivity index (χ4n) is 2.21. The van der Waals surface area contributed by atoms with Gasteiger partial charge >= 0.3 is 0 Å². The predicted molar refractivity (Wildman–Crippen MR) is 102 cm³/mol. The van der Waals surface area contributed by atoms with Crippen molar-refractivity contribution in [2.75, 3.05) is 11.9 Å². The zero-order valence-corrected chi connectivity index (χ0v) is 15.2. The number of nitrogens with one attached hydrogen (secondary N) is 1. The highest BCUT2D eigenvalue weighted by Gasteiger charge is 2.09. The largest absolute Gasteiger partial charge is 0.482 e. The van der Waals surface area contributed by atoms with Crippen molar-refractivity contribution in [3.63, 3.8) is 0 Å². The van der Waals surface area contributed by atoms with E-state index in [-0.39, 0.29) is 12.5 Å². The lowest BCUT2D eigenvalue weighted by atomic mass is 10.1. The quantitative estimate of drug-likeness (QED) is 0.681. The molecule has 6 heteroatoms. The number of amides is 1. The summed E-state index contributed by atoms with van der Waals surface area (Å²) in [5.41, 5.74) is 2.45. The van der Waals surface area contributed by atoms with E-state index in [4.69, 9.17) is 16.3 Å². The van der Waals surface area contributed by atoms with Crippen molar-refractivity contribution in [3.05, 3.63) is 75.8 Å². The van der Waals surface area contributed by atoms with Crippen LogP contribution in [-0.2, 0) is 11.2 Å². The summed E-state index contributed by atoms with van der Waals surface area (Å²) in [4.78, 5) is 17.3. The number of thiazole rings is 1. The molecule has 4 nitrogen and oxygen atoms in total. The fraction of sp³-hybridized carbons (Fsp3) is 0.158. The monoisotopic (exact) mass is 372 g/mol. The van der Waals surface area contributed by atoms with Crippen LogP contribution in [0.3, 0.4) is 0 Å². The smallest absolute Gasteiger partial charge is 0.264 e. The van der Waals surface area contributed by atoms with E-state index in [1.54, 1.807) is 30.5 Å². The number of anilines is 1. The summed E-state index contributed by atoms with van der Waals surface area (Å²) >= 11 is 7.45. The van der Waals surface area contributed by atoms with Crippen molar-refractivity contribution in [2.45, 2.75) is 13.3 Å². The van der Waals surface area contributed by atoms with E-state index in [0.29, 0.717) is 15.9 Å². The molecule has 0 radical (unpaired) electrons. The Balaban J connectivity index is 1.53. The van der Waals surface area contributed by atoms with E-state index in [1.165, 1.54) is 22.5 Å². The highest BCUT2D eigenvalue weighted by atomic mass is 35.5. The maximum absolute atomic E-state index is 12.0. The van der Waals surface area contributed by atoms with Gasteiger partial charge in [0, 0.05) is 17.5 Å². The van der Waals surface area contributed by atoms with Gasteiger partial charge in [-0.3, -0.25) is 10.1 Å². The molecule has 0 aliphatic carbocycles. The average Bonchev–Trinajstić information content (AvgIpc) is 3.03. The van der Waals surface area contributed by atoms with Gasteiger partial charge in [0.05, 0.1) is 5.02 Å². The zero-order chi connectivity index (χ0) is 17.6. The van der Waals surface area contributed by atoms with Crippen LogP contribution in [0.4, 0.5) is 5.13 Å². The normalized spacial score (nSPS) is 10.5. The number of halogens is 1. The Labute approximate surface area is 155 Å². The summed E-state index contributed by atoms with van der Waals surface area (Å²) < 4.78 is 5.42. The van der Waals surface area contributed by atoms with Crippen LogP contribution >= 0.6 is 22.9 Å².